The van der Waals surface area contributed by atoms with Gasteiger partial charge in [0.2, 0.25) is 5.95 Å². The van der Waals surface area contributed by atoms with E-state index >= 15 is 0 Å². The van der Waals surface area contributed by atoms with E-state index < -0.39 is 71.0 Å². The number of carbonyl (C=O) groups is 2. The van der Waals surface area contributed by atoms with Crippen molar-refractivity contribution in [3.8, 4) is 0 Å². The van der Waals surface area contributed by atoms with Crippen LogP contribution in [0.1, 0.15) is 84.5 Å². The van der Waals surface area contributed by atoms with Gasteiger partial charge >= 0.3 is 6.09 Å². The number of imidazole rings is 1. The summed E-state index contributed by atoms with van der Waals surface area (Å²) in [4.78, 5) is 53.4. The lowest BCUT2D eigenvalue weighted by atomic mass is 10.1. The van der Waals surface area contributed by atoms with Gasteiger partial charge < -0.3 is 22.8 Å². The lowest BCUT2D eigenvalue weighted by molar-refractivity contribution is -0.0483. The van der Waals surface area contributed by atoms with E-state index in [4.69, 9.17) is 62.5 Å². The number of rotatable bonds is 14. The Labute approximate surface area is 417 Å². The molecule has 20 heteroatoms. The van der Waals surface area contributed by atoms with Crippen LogP contribution in [-0.4, -0.2) is 85.3 Å². The molecule has 1 saturated heterocycles. The molecule has 5 aromatic rings. The quantitative estimate of drug-likeness (QED) is 0.0553. The van der Waals surface area contributed by atoms with E-state index in [1.165, 1.54) is 6.33 Å². The number of amides is 2. The number of nitrogens with one attached hydrogen (secondary N) is 3. The van der Waals surface area contributed by atoms with Gasteiger partial charge in [0, 0.05) is 5.56 Å². The average molecular weight is 1040 g/mol. The molecule has 3 heterocycles. The Bertz CT molecular complexity index is 2590. The van der Waals surface area contributed by atoms with Crippen molar-refractivity contribution in [1.82, 2.24) is 24.8 Å². The number of alkyl halides is 3. The number of anilines is 1. The number of nitrogens with zero attached hydrogens (tertiary/aromatic N) is 3. The highest BCUT2D eigenvalue weighted by molar-refractivity contribution is 6.99. The number of aromatic amines is 1. The summed E-state index contributed by atoms with van der Waals surface area (Å²) in [7, 11) is -8.05. The lowest BCUT2D eigenvalue weighted by Gasteiger charge is -2.43. The number of ether oxygens (including phenoxy) is 2. The van der Waals surface area contributed by atoms with Gasteiger partial charge in [-0.1, -0.05) is 176 Å². The van der Waals surface area contributed by atoms with Crippen LogP contribution in [0.4, 0.5) is 10.7 Å². The molecule has 4 atom stereocenters. The summed E-state index contributed by atoms with van der Waals surface area (Å²) in [6.45, 7) is 27.6. The predicted molar refractivity (Wildman–Crippen MR) is 278 cm³/mol. The van der Waals surface area contributed by atoms with Crippen LogP contribution in [0, 0.1) is 0 Å². The van der Waals surface area contributed by atoms with Crippen LogP contribution in [0.15, 0.2) is 96.1 Å². The molecule has 68 heavy (non-hydrogen) atoms. The number of fused-ring (bicyclic) bond motifs is 1. The van der Waals surface area contributed by atoms with Gasteiger partial charge in [-0.2, -0.15) is 4.98 Å². The molecular weight excluding hydrogens is 979 g/mol. The second kappa shape index (κ2) is 20.1. The van der Waals surface area contributed by atoms with Crippen molar-refractivity contribution in [2.75, 3.05) is 11.9 Å². The summed E-state index contributed by atoms with van der Waals surface area (Å²) in [6, 6.07) is 27.7. The first-order valence-electron chi connectivity index (χ1n) is 22.6. The van der Waals surface area contributed by atoms with Gasteiger partial charge in [-0.25, -0.2) is 9.78 Å². The summed E-state index contributed by atoms with van der Waals surface area (Å²) >= 11 is 17.9. The highest BCUT2D eigenvalue weighted by atomic mass is 35.6. The fourth-order valence-corrected chi connectivity index (χ4v) is 14.8. The van der Waals surface area contributed by atoms with E-state index in [1.807, 2.05) is 48.5 Å². The number of aromatic nitrogens is 4. The standard InChI is InChI=1S/C48H65Cl3N6O8Si3/c1-45(2,3)66(10,11)61-29-35-37(64-44(60)56-48(49,50)51)38(65-67(12,13)46(4,5)6)42(63-35)57-30-52-36-39(57)53-43(55-41(36)59)54-40(58)34-27-21-20-22-31(34)28-62-68(47(7,8)9,32-23-16-14-17-24-32)33-25-18-15-19-26-33/h14-27,30,35,37-38,42H,28-29H2,1-13H3,(H,56,60)(H2,53,54,55,58,59)/t35-,37-,38-,42-/m1/s1. The van der Waals surface area contributed by atoms with E-state index in [2.05, 4.69) is 133 Å². The number of carbonyl (C=O) groups excluding carboxylic acids is 2. The zero-order chi connectivity index (χ0) is 50.3. The van der Waals surface area contributed by atoms with Crippen molar-refractivity contribution < 1.29 is 32.3 Å². The van der Waals surface area contributed by atoms with E-state index in [-0.39, 0.29) is 45.4 Å². The lowest BCUT2D eigenvalue weighted by Crippen LogP contribution is -2.66. The maximum Gasteiger partial charge on any atom is 0.410 e. The molecule has 14 nitrogen and oxygen atoms in total. The van der Waals surface area contributed by atoms with E-state index in [1.54, 1.807) is 16.7 Å². The first kappa shape index (κ1) is 53.5. The van der Waals surface area contributed by atoms with E-state index in [9.17, 15) is 14.4 Å². The highest BCUT2D eigenvalue weighted by Crippen LogP contribution is 2.45. The number of hydrogen-bond acceptors (Lipinski definition) is 10. The Kier molecular flexibility index (Phi) is 15.8. The average Bonchev–Trinajstić information content (AvgIpc) is 3.79. The van der Waals surface area contributed by atoms with Crippen LogP contribution < -0.4 is 26.6 Å². The van der Waals surface area contributed by atoms with Crippen LogP contribution in [-0.2, 0) is 29.4 Å². The van der Waals surface area contributed by atoms with Crippen molar-refractivity contribution in [1.29, 1.82) is 0 Å². The molecule has 0 unspecified atom stereocenters. The minimum absolute atomic E-state index is 0.0239. The second-order valence-electron chi connectivity index (χ2n) is 21.3. The molecule has 0 aliphatic carbocycles. The highest BCUT2D eigenvalue weighted by Gasteiger charge is 2.55. The zero-order valence-corrected chi connectivity index (χ0v) is 46.4. The molecule has 3 N–H and O–H groups in total. The van der Waals surface area contributed by atoms with E-state index in [0.29, 0.717) is 11.1 Å². The van der Waals surface area contributed by atoms with Crippen LogP contribution >= 0.6 is 34.8 Å². The molecular formula is C48H65Cl3N6O8Si3. The van der Waals surface area contributed by atoms with Crippen molar-refractivity contribution in [3.63, 3.8) is 0 Å². The third kappa shape index (κ3) is 11.6. The fourth-order valence-electron chi connectivity index (χ4n) is 7.79. The van der Waals surface area contributed by atoms with Gasteiger partial charge in [0.1, 0.15) is 12.2 Å². The molecule has 2 aromatic heterocycles. The summed E-state index contributed by atoms with van der Waals surface area (Å²) in [5, 5.41) is 6.50. The zero-order valence-electron chi connectivity index (χ0n) is 41.1. The topological polar surface area (TPSA) is 168 Å². The third-order valence-electron chi connectivity index (χ3n) is 13.5. The molecule has 3 aromatic carbocycles. The molecule has 2 amide bonds. The maximum atomic E-state index is 14.4. The first-order valence-corrected chi connectivity index (χ1v) is 31.5. The molecule has 0 radical (unpaired) electrons. The van der Waals surface area contributed by atoms with Gasteiger partial charge in [0.05, 0.1) is 19.5 Å². The molecule has 6 rings (SSSR count). The smallest absolute Gasteiger partial charge is 0.410 e. The Morgan fingerprint density at radius 2 is 1.32 bits per heavy atom. The summed E-state index contributed by atoms with van der Waals surface area (Å²) < 4.78 is 33.1. The van der Waals surface area contributed by atoms with Gasteiger partial charge in [-0.05, 0) is 63.3 Å². The number of halogens is 3. The normalized spacial score (nSPS) is 18.7. The van der Waals surface area contributed by atoms with Gasteiger partial charge in [0.25, 0.3) is 23.7 Å². The molecule has 0 bridgehead atoms. The van der Waals surface area contributed by atoms with Gasteiger partial charge in [-0.15, -0.1) is 0 Å². The Morgan fingerprint density at radius 3 is 1.87 bits per heavy atom. The van der Waals surface area contributed by atoms with Crippen molar-refractivity contribution in [3.05, 3.63) is 113 Å². The molecule has 1 aliphatic heterocycles. The van der Waals surface area contributed by atoms with Crippen molar-refractivity contribution in [2.24, 2.45) is 0 Å². The Hall–Kier alpha value is -3.89. The Balaban J connectivity index is 1.37. The summed E-state index contributed by atoms with van der Waals surface area (Å²) in [5.41, 5.74) is 0.425. The van der Waals surface area contributed by atoms with Crippen LogP contribution in [0.5, 0.6) is 0 Å². The fraction of sp³-hybridized carbons (Fsp3) is 0.479. The summed E-state index contributed by atoms with van der Waals surface area (Å²) in [5.74, 6) is -0.655. The molecule has 1 aliphatic rings. The number of hydrogen-bond donors (Lipinski definition) is 3. The van der Waals surface area contributed by atoms with Crippen LogP contribution in [0.3, 0.4) is 0 Å². The Morgan fingerprint density at radius 1 is 0.765 bits per heavy atom. The van der Waals surface area contributed by atoms with Crippen LogP contribution in [0.2, 0.25) is 41.3 Å². The number of H-pyrrole nitrogens is 1. The summed E-state index contributed by atoms with van der Waals surface area (Å²) in [6.07, 6.45) is -3.67. The molecule has 0 saturated carbocycles. The monoisotopic (exact) mass is 1040 g/mol. The second-order valence-corrected chi connectivity index (χ2v) is 37.4. The maximum absolute atomic E-state index is 14.4. The minimum atomic E-state index is -2.97. The largest absolute Gasteiger partial charge is 0.440 e. The third-order valence-corrected chi connectivity index (χ3v) is 27.7. The predicted octanol–water partition coefficient (Wildman–Crippen LogP) is 10.2. The van der Waals surface area contributed by atoms with Crippen molar-refractivity contribution >= 4 is 99.2 Å². The van der Waals surface area contributed by atoms with Gasteiger partial charge in [0.15, 0.2) is 40.1 Å². The minimum Gasteiger partial charge on any atom is -0.440 e. The van der Waals surface area contributed by atoms with E-state index in [0.717, 1.165) is 10.4 Å². The first-order chi connectivity index (χ1) is 31.5. The molecule has 368 valence electrons. The molecule has 0 spiro atoms. The number of benzene rings is 3. The SMILES string of the molecule is CC(C)(C)[Si](C)(C)OC[C@H]1O[C@@H](n2cnc3c(=O)[nH]c(NC(=O)c4ccccc4CO[Si](c4ccccc4)(c4ccccc4)C(C)(C)C)nc32)[C@H](O[Si](C)(C)C(C)(C)C)[C@@H]1OC(=O)NC(Cl)(Cl)Cl. The van der Waals surface area contributed by atoms with Gasteiger partial charge in [-0.3, -0.25) is 29.8 Å². The number of alkyl carbamates (subject to hydrolysis) is 1. The molecule has 1 fully saturated rings. The van der Waals surface area contributed by atoms with Crippen molar-refractivity contribution in [2.45, 2.75) is 139 Å². The van der Waals surface area contributed by atoms with Crippen LogP contribution in [0.25, 0.3) is 11.2 Å².